The van der Waals surface area contributed by atoms with E-state index >= 15 is 0 Å². The first-order valence-corrected chi connectivity index (χ1v) is 6.22. The van der Waals surface area contributed by atoms with Crippen molar-refractivity contribution in [2.24, 2.45) is 0 Å². The number of rotatable bonds is 2. The molecule has 1 aliphatic rings. The summed E-state index contributed by atoms with van der Waals surface area (Å²) >= 11 is 3.51. The first-order valence-electron chi connectivity index (χ1n) is 5.43. The van der Waals surface area contributed by atoms with Crippen molar-refractivity contribution < 1.29 is 4.79 Å². The number of benzene rings is 1. The third kappa shape index (κ3) is 2.62. The van der Waals surface area contributed by atoms with Crippen LogP contribution in [0.5, 0.6) is 0 Å². The van der Waals surface area contributed by atoms with E-state index in [9.17, 15) is 4.79 Å². The number of hydrogen-bond donors (Lipinski definition) is 2. The van der Waals surface area contributed by atoms with Crippen LogP contribution in [0.3, 0.4) is 0 Å². The van der Waals surface area contributed by atoms with Crippen molar-refractivity contribution in [3.63, 3.8) is 0 Å². The minimum absolute atomic E-state index is 0.0941. The Hall–Kier alpha value is -0.870. The van der Waals surface area contributed by atoms with E-state index in [1.54, 1.807) is 0 Å². The normalized spacial score (nSPS) is 20.6. The average Bonchev–Trinajstić information content (AvgIpc) is 2.27. The van der Waals surface area contributed by atoms with Crippen molar-refractivity contribution in [2.45, 2.75) is 19.4 Å². The van der Waals surface area contributed by atoms with Crippen molar-refractivity contribution in [3.05, 3.63) is 33.8 Å². The van der Waals surface area contributed by atoms with Gasteiger partial charge in [0.15, 0.2) is 0 Å². The summed E-state index contributed by atoms with van der Waals surface area (Å²) in [5, 5.41) is 6.09. The third-order valence-electron chi connectivity index (χ3n) is 2.81. The lowest BCUT2D eigenvalue weighted by Gasteiger charge is -2.23. The van der Waals surface area contributed by atoms with Gasteiger partial charge in [-0.1, -0.05) is 28.1 Å². The van der Waals surface area contributed by atoms with E-state index in [-0.39, 0.29) is 11.9 Å². The van der Waals surface area contributed by atoms with Gasteiger partial charge in [0.25, 0.3) is 0 Å². The number of piperazine rings is 1. The molecule has 0 radical (unpaired) electrons. The molecule has 1 aliphatic heterocycles. The van der Waals surface area contributed by atoms with Crippen LogP contribution in [0.25, 0.3) is 0 Å². The lowest BCUT2D eigenvalue weighted by atomic mass is 10.0. The molecule has 0 spiro atoms. The van der Waals surface area contributed by atoms with Crippen molar-refractivity contribution in [1.82, 2.24) is 10.6 Å². The number of nitrogens with one attached hydrogen (secondary N) is 2. The van der Waals surface area contributed by atoms with Crippen LogP contribution in [0.15, 0.2) is 22.7 Å². The van der Waals surface area contributed by atoms with Crippen molar-refractivity contribution in [2.75, 3.05) is 13.1 Å². The summed E-state index contributed by atoms with van der Waals surface area (Å²) in [5.74, 6) is 0.1000. The number of amides is 1. The van der Waals surface area contributed by atoms with E-state index in [0.717, 1.165) is 24.0 Å². The van der Waals surface area contributed by atoms with Gasteiger partial charge in [-0.25, -0.2) is 0 Å². The Morgan fingerprint density at radius 3 is 2.94 bits per heavy atom. The maximum atomic E-state index is 11.6. The van der Waals surface area contributed by atoms with Crippen molar-refractivity contribution in [3.8, 4) is 0 Å². The summed E-state index contributed by atoms with van der Waals surface area (Å²) in [5.41, 5.74) is 2.39. The number of carbonyl (C=O) groups is 1. The maximum absolute atomic E-state index is 11.6. The summed E-state index contributed by atoms with van der Waals surface area (Å²) < 4.78 is 1.10. The highest BCUT2D eigenvalue weighted by Crippen LogP contribution is 2.18. The second kappa shape index (κ2) is 4.97. The van der Waals surface area contributed by atoms with Crippen LogP contribution in [-0.2, 0) is 11.2 Å². The van der Waals surface area contributed by atoms with Gasteiger partial charge in [-0.3, -0.25) is 4.79 Å². The molecule has 0 aromatic heterocycles. The molecule has 4 heteroatoms. The lowest BCUT2D eigenvalue weighted by molar-refractivity contribution is -0.124. The Labute approximate surface area is 104 Å². The summed E-state index contributed by atoms with van der Waals surface area (Å²) in [6.45, 7) is 3.63. The molecule has 1 aromatic carbocycles. The molecule has 0 saturated carbocycles. The summed E-state index contributed by atoms with van der Waals surface area (Å²) in [4.78, 5) is 11.6. The van der Waals surface area contributed by atoms with E-state index in [0.29, 0.717) is 0 Å². The number of halogens is 1. The molecule has 1 amide bonds. The van der Waals surface area contributed by atoms with Gasteiger partial charge in [-0.05, 0) is 30.5 Å². The van der Waals surface area contributed by atoms with Crippen molar-refractivity contribution in [1.29, 1.82) is 0 Å². The highest BCUT2D eigenvalue weighted by molar-refractivity contribution is 9.10. The van der Waals surface area contributed by atoms with Crippen LogP contribution < -0.4 is 10.6 Å². The molecule has 1 heterocycles. The lowest BCUT2D eigenvalue weighted by Crippen LogP contribution is -2.53. The van der Waals surface area contributed by atoms with E-state index < -0.39 is 0 Å². The van der Waals surface area contributed by atoms with Gasteiger partial charge >= 0.3 is 0 Å². The summed E-state index contributed by atoms with van der Waals surface area (Å²) in [6, 6.07) is 6.13. The first-order chi connectivity index (χ1) is 7.66. The topological polar surface area (TPSA) is 41.1 Å². The Balaban J connectivity index is 2.08. The van der Waals surface area contributed by atoms with Gasteiger partial charge in [0.1, 0.15) is 0 Å². The zero-order valence-corrected chi connectivity index (χ0v) is 10.8. The largest absolute Gasteiger partial charge is 0.353 e. The minimum atomic E-state index is -0.0941. The molecule has 1 saturated heterocycles. The fraction of sp³-hybridized carbons (Fsp3) is 0.417. The van der Waals surface area contributed by atoms with Gasteiger partial charge in [-0.15, -0.1) is 0 Å². The Kier molecular flexibility index (Phi) is 3.61. The monoisotopic (exact) mass is 282 g/mol. The van der Waals surface area contributed by atoms with E-state index in [1.165, 1.54) is 11.1 Å². The zero-order valence-electron chi connectivity index (χ0n) is 9.22. The molecule has 2 N–H and O–H groups in total. The standard InChI is InChI=1S/C12H15BrN2O/c1-8-2-3-9(6-10(8)13)7-11-12(16)15-5-4-14-11/h2-3,6,11,14H,4-5,7H2,1H3,(H,15,16). The fourth-order valence-corrected chi connectivity index (χ4v) is 2.24. The Morgan fingerprint density at radius 1 is 1.44 bits per heavy atom. The predicted octanol–water partition coefficient (Wildman–Crippen LogP) is 1.39. The molecule has 1 unspecified atom stereocenters. The zero-order chi connectivity index (χ0) is 11.5. The molecule has 1 fully saturated rings. The fourth-order valence-electron chi connectivity index (χ4n) is 1.81. The van der Waals surface area contributed by atoms with Gasteiger partial charge in [-0.2, -0.15) is 0 Å². The predicted molar refractivity (Wildman–Crippen MR) is 67.4 cm³/mol. The second-order valence-electron chi connectivity index (χ2n) is 4.09. The van der Waals surface area contributed by atoms with Crippen LogP contribution >= 0.6 is 15.9 Å². The molecule has 2 rings (SSSR count). The van der Waals surface area contributed by atoms with E-state index in [2.05, 4.69) is 51.7 Å². The average molecular weight is 283 g/mol. The Bertz CT molecular complexity index is 406. The smallest absolute Gasteiger partial charge is 0.237 e. The number of aryl methyl sites for hydroxylation is 1. The molecule has 1 aromatic rings. The molecule has 16 heavy (non-hydrogen) atoms. The molecule has 0 aliphatic carbocycles. The SMILES string of the molecule is Cc1ccc(CC2NCCNC2=O)cc1Br. The molecule has 86 valence electrons. The van der Waals surface area contributed by atoms with Gasteiger partial charge in [0, 0.05) is 17.6 Å². The van der Waals surface area contributed by atoms with Crippen LogP contribution in [-0.4, -0.2) is 25.0 Å². The van der Waals surface area contributed by atoms with Gasteiger partial charge in [0.05, 0.1) is 6.04 Å². The summed E-state index contributed by atoms with van der Waals surface area (Å²) in [7, 11) is 0. The highest BCUT2D eigenvalue weighted by atomic mass is 79.9. The van der Waals surface area contributed by atoms with Crippen LogP contribution in [0.1, 0.15) is 11.1 Å². The quantitative estimate of drug-likeness (QED) is 0.861. The van der Waals surface area contributed by atoms with Crippen molar-refractivity contribution >= 4 is 21.8 Å². The molecule has 1 atom stereocenters. The van der Waals surface area contributed by atoms with E-state index in [1.807, 2.05) is 0 Å². The molecule has 3 nitrogen and oxygen atoms in total. The van der Waals surface area contributed by atoms with E-state index in [4.69, 9.17) is 0 Å². The highest BCUT2D eigenvalue weighted by Gasteiger charge is 2.21. The molecular weight excluding hydrogens is 268 g/mol. The number of hydrogen-bond acceptors (Lipinski definition) is 2. The second-order valence-corrected chi connectivity index (χ2v) is 4.94. The molecule has 0 bridgehead atoms. The van der Waals surface area contributed by atoms with Crippen LogP contribution in [0.2, 0.25) is 0 Å². The third-order valence-corrected chi connectivity index (χ3v) is 3.66. The van der Waals surface area contributed by atoms with Gasteiger partial charge < -0.3 is 10.6 Å². The molecular formula is C12H15BrN2O. The first kappa shape index (κ1) is 11.6. The minimum Gasteiger partial charge on any atom is -0.353 e. The van der Waals surface area contributed by atoms with Gasteiger partial charge in [0.2, 0.25) is 5.91 Å². The van der Waals surface area contributed by atoms with Crippen LogP contribution in [0, 0.1) is 6.92 Å². The Morgan fingerprint density at radius 2 is 2.25 bits per heavy atom. The summed E-state index contributed by atoms with van der Waals surface area (Å²) in [6.07, 6.45) is 0.741. The van der Waals surface area contributed by atoms with Crippen LogP contribution in [0.4, 0.5) is 0 Å². The maximum Gasteiger partial charge on any atom is 0.237 e. The number of carbonyl (C=O) groups excluding carboxylic acids is 1.